The van der Waals surface area contributed by atoms with Gasteiger partial charge in [0.1, 0.15) is 5.82 Å². The van der Waals surface area contributed by atoms with Crippen molar-refractivity contribution in [2.45, 2.75) is 20.0 Å². The smallest absolute Gasteiger partial charge is 0.124 e. The van der Waals surface area contributed by atoms with Gasteiger partial charge < -0.3 is 5.32 Å². The second kappa shape index (κ2) is 6.07. The Kier molecular flexibility index (Phi) is 4.44. The van der Waals surface area contributed by atoms with Crippen molar-refractivity contribution in [2.75, 3.05) is 0 Å². The monoisotopic (exact) mass is 308 g/mol. The van der Waals surface area contributed by atoms with Crippen LogP contribution in [-0.4, -0.2) is 4.98 Å². The molecule has 18 heavy (non-hydrogen) atoms. The van der Waals surface area contributed by atoms with Crippen LogP contribution in [0.25, 0.3) is 0 Å². The summed E-state index contributed by atoms with van der Waals surface area (Å²) in [4.78, 5) is 4.06. The fourth-order valence-electron chi connectivity index (χ4n) is 1.70. The van der Waals surface area contributed by atoms with Gasteiger partial charge in [-0.05, 0) is 41.8 Å². The van der Waals surface area contributed by atoms with Gasteiger partial charge in [0.25, 0.3) is 0 Å². The van der Waals surface area contributed by atoms with Crippen molar-refractivity contribution in [1.29, 1.82) is 0 Å². The van der Waals surface area contributed by atoms with E-state index in [4.69, 9.17) is 0 Å². The minimum absolute atomic E-state index is 0.226. The van der Waals surface area contributed by atoms with Crippen LogP contribution in [0.1, 0.15) is 16.7 Å². The maximum Gasteiger partial charge on any atom is 0.124 e. The SMILES string of the molecule is Cc1cnccc1CNCc1ccc(F)cc1Br. The first-order valence-electron chi connectivity index (χ1n) is 5.71. The van der Waals surface area contributed by atoms with Crippen molar-refractivity contribution in [3.63, 3.8) is 0 Å². The molecule has 2 rings (SSSR count). The molecule has 0 fully saturated rings. The molecule has 0 unspecified atom stereocenters. The molecule has 0 spiro atoms. The third-order valence-electron chi connectivity index (χ3n) is 2.78. The van der Waals surface area contributed by atoms with E-state index in [1.165, 1.54) is 23.3 Å². The van der Waals surface area contributed by atoms with Crippen LogP contribution in [0.15, 0.2) is 41.1 Å². The van der Waals surface area contributed by atoms with E-state index in [0.717, 1.165) is 16.6 Å². The molecule has 0 saturated heterocycles. The standard InChI is InChI=1S/C14H14BrFN2/c1-10-7-17-5-4-11(10)8-18-9-12-2-3-13(16)6-14(12)15/h2-7,18H,8-9H2,1H3. The third-order valence-corrected chi connectivity index (χ3v) is 3.52. The molecule has 0 radical (unpaired) electrons. The Morgan fingerprint density at radius 2 is 2.00 bits per heavy atom. The fourth-order valence-corrected chi connectivity index (χ4v) is 2.19. The second-order valence-electron chi connectivity index (χ2n) is 4.14. The van der Waals surface area contributed by atoms with Gasteiger partial charge in [0, 0.05) is 30.0 Å². The molecule has 0 amide bonds. The summed E-state index contributed by atoms with van der Waals surface area (Å²) >= 11 is 3.36. The lowest BCUT2D eigenvalue weighted by Gasteiger charge is -2.08. The van der Waals surface area contributed by atoms with E-state index >= 15 is 0 Å². The molecule has 4 heteroatoms. The van der Waals surface area contributed by atoms with Gasteiger partial charge >= 0.3 is 0 Å². The highest BCUT2D eigenvalue weighted by atomic mass is 79.9. The van der Waals surface area contributed by atoms with Gasteiger partial charge in [-0.2, -0.15) is 0 Å². The van der Waals surface area contributed by atoms with Crippen molar-refractivity contribution >= 4 is 15.9 Å². The lowest BCUT2D eigenvalue weighted by Crippen LogP contribution is -2.14. The minimum Gasteiger partial charge on any atom is -0.309 e. The largest absolute Gasteiger partial charge is 0.309 e. The molecule has 0 saturated carbocycles. The van der Waals surface area contributed by atoms with Crippen LogP contribution in [0, 0.1) is 12.7 Å². The minimum atomic E-state index is -0.226. The van der Waals surface area contributed by atoms with E-state index < -0.39 is 0 Å². The van der Waals surface area contributed by atoms with Gasteiger partial charge in [-0.1, -0.05) is 22.0 Å². The Balaban J connectivity index is 1.95. The summed E-state index contributed by atoms with van der Waals surface area (Å²) in [5.74, 6) is -0.226. The number of aryl methyl sites for hydroxylation is 1. The second-order valence-corrected chi connectivity index (χ2v) is 5.00. The molecule has 0 aliphatic rings. The number of pyridine rings is 1. The number of nitrogens with one attached hydrogen (secondary N) is 1. The van der Waals surface area contributed by atoms with Crippen molar-refractivity contribution in [3.8, 4) is 0 Å². The van der Waals surface area contributed by atoms with Gasteiger partial charge in [-0.3, -0.25) is 4.98 Å². The average molecular weight is 309 g/mol. The zero-order valence-electron chi connectivity index (χ0n) is 10.1. The van der Waals surface area contributed by atoms with Crippen LogP contribution in [0.2, 0.25) is 0 Å². The first kappa shape index (κ1) is 13.2. The molecule has 2 aromatic rings. The number of halogens is 2. The summed E-state index contributed by atoms with van der Waals surface area (Å²) in [5, 5.41) is 3.34. The van der Waals surface area contributed by atoms with Crippen LogP contribution in [-0.2, 0) is 13.1 Å². The highest BCUT2D eigenvalue weighted by molar-refractivity contribution is 9.10. The predicted molar refractivity (Wildman–Crippen MR) is 73.6 cm³/mol. The van der Waals surface area contributed by atoms with Crippen LogP contribution in [0.5, 0.6) is 0 Å². The van der Waals surface area contributed by atoms with E-state index in [2.05, 4.69) is 26.2 Å². The Morgan fingerprint density at radius 3 is 2.72 bits per heavy atom. The number of hydrogen-bond acceptors (Lipinski definition) is 2. The molecular formula is C14H14BrFN2. The van der Waals surface area contributed by atoms with Crippen LogP contribution >= 0.6 is 15.9 Å². The maximum atomic E-state index is 12.9. The Morgan fingerprint density at radius 1 is 1.22 bits per heavy atom. The zero-order chi connectivity index (χ0) is 13.0. The van der Waals surface area contributed by atoms with Crippen LogP contribution in [0.3, 0.4) is 0 Å². The van der Waals surface area contributed by atoms with E-state index in [1.54, 1.807) is 12.3 Å². The summed E-state index contributed by atoms with van der Waals surface area (Å²) in [6.07, 6.45) is 3.64. The quantitative estimate of drug-likeness (QED) is 0.934. The van der Waals surface area contributed by atoms with Gasteiger partial charge in [-0.25, -0.2) is 4.39 Å². The van der Waals surface area contributed by atoms with Crippen LogP contribution < -0.4 is 5.32 Å². The van der Waals surface area contributed by atoms with E-state index in [1.807, 2.05) is 19.2 Å². The summed E-state index contributed by atoms with van der Waals surface area (Å²) in [5.41, 5.74) is 3.44. The molecule has 0 aliphatic heterocycles. The van der Waals surface area contributed by atoms with E-state index in [0.29, 0.717) is 6.54 Å². The Bertz CT molecular complexity index is 543. The number of rotatable bonds is 4. The van der Waals surface area contributed by atoms with Gasteiger partial charge in [0.2, 0.25) is 0 Å². The van der Waals surface area contributed by atoms with Crippen molar-refractivity contribution in [3.05, 3.63) is 63.6 Å². The van der Waals surface area contributed by atoms with Gasteiger partial charge in [-0.15, -0.1) is 0 Å². The fraction of sp³-hybridized carbons (Fsp3) is 0.214. The van der Waals surface area contributed by atoms with E-state index in [-0.39, 0.29) is 5.82 Å². The number of hydrogen-bond donors (Lipinski definition) is 1. The highest BCUT2D eigenvalue weighted by Crippen LogP contribution is 2.18. The number of aromatic nitrogens is 1. The van der Waals surface area contributed by atoms with Gasteiger partial charge in [0.05, 0.1) is 0 Å². The molecule has 1 aromatic carbocycles. The molecule has 1 heterocycles. The zero-order valence-corrected chi connectivity index (χ0v) is 11.7. The Hall–Kier alpha value is -1.26. The summed E-state index contributed by atoms with van der Waals surface area (Å²) < 4.78 is 13.7. The average Bonchev–Trinajstić information content (AvgIpc) is 2.34. The molecule has 0 bridgehead atoms. The number of benzene rings is 1. The lowest BCUT2D eigenvalue weighted by molar-refractivity contribution is 0.623. The molecule has 1 aromatic heterocycles. The highest BCUT2D eigenvalue weighted by Gasteiger charge is 2.02. The lowest BCUT2D eigenvalue weighted by atomic mass is 10.1. The summed E-state index contributed by atoms with van der Waals surface area (Å²) in [6.45, 7) is 3.51. The number of nitrogens with zero attached hydrogens (tertiary/aromatic N) is 1. The molecule has 94 valence electrons. The van der Waals surface area contributed by atoms with Crippen molar-refractivity contribution in [1.82, 2.24) is 10.3 Å². The molecule has 0 atom stereocenters. The first-order valence-corrected chi connectivity index (χ1v) is 6.50. The van der Waals surface area contributed by atoms with Crippen LogP contribution in [0.4, 0.5) is 4.39 Å². The predicted octanol–water partition coefficient (Wildman–Crippen LogP) is 3.58. The topological polar surface area (TPSA) is 24.9 Å². The van der Waals surface area contributed by atoms with Crippen molar-refractivity contribution in [2.24, 2.45) is 0 Å². The Labute approximate surface area is 114 Å². The maximum absolute atomic E-state index is 12.9. The summed E-state index contributed by atoms with van der Waals surface area (Å²) in [6, 6.07) is 6.74. The first-order chi connectivity index (χ1) is 8.66. The summed E-state index contributed by atoms with van der Waals surface area (Å²) in [7, 11) is 0. The van der Waals surface area contributed by atoms with Gasteiger partial charge in [0.15, 0.2) is 0 Å². The van der Waals surface area contributed by atoms with E-state index in [9.17, 15) is 4.39 Å². The third kappa shape index (κ3) is 3.37. The normalized spacial score (nSPS) is 10.6. The van der Waals surface area contributed by atoms with Crippen molar-refractivity contribution < 1.29 is 4.39 Å². The molecule has 0 aliphatic carbocycles. The molecule has 2 nitrogen and oxygen atoms in total. The molecule has 1 N–H and O–H groups in total. The molecular weight excluding hydrogens is 295 g/mol.